The number of amides is 3. The van der Waals surface area contributed by atoms with Crippen LogP contribution in [0.15, 0.2) is 18.7 Å². The largest absolute Gasteiger partial charge is 0.469 e. The molecule has 1 unspecified atom stereocenters. The number of nitrogens with two attached hydrogens (primary N) is 1. The Morgan fingerprint density at radius 1 is 0.847 bits per heavy atom. The summed E-state index contributed by atoms with van der Waals surface area (Å²) in [6, 6.07) is -0.373. The smallest absolute Gasteiger partial charge is 0.415 e. The lowest BCUT2D eigenvalue weighted by Gasteiger charge is -2.24. The maximum Gasteiger partial charge on any atom is 0.415 e. The highest BCUT2D eigenvalue weighted by atomic mass is 127. The second-order valence-corrected chi connectivity index (χ2v) is 19.2. The molecule has 0 saturated heterocycles. The van der Waals surface area contributed by atoms with Crippen molar-refractivity contribution in [3.63, 3.8) is 0 Å². The first-order valence-corrected chi connectivity index (χ1v) is 21.7. The highest BCUT2D eigenvalue weighted by Gasteiger charge is 2.28. The monoisotopic (exact) mass is 991 g/mol. The molecule has 328 valence electrons. The highest BCUT2D eigenvalue weighted by molar-refractivity contribution is 14.1. The predicted octanol–water partition coefficient (Wildman–Crippen LogP) is 8.25. The molecule has 3 aromatic rings. The van der Waals surface area contributed by atoms with Crippen molar-refractivity contribution in [2.24, 2.45) is 5.73 Å². The molecule has 59 heavy (non-hydrogen) atoms. The first kappa shape index (κ1) is 53.0. The molecule has 4 heterocycles. The van der Waals surface area contributed by atoms with E-state index >= 15 is 0 Å². The molecule has 0 fully saturated rings. The minimum atomic E-state index is -0.564. The second kappa shape index (κ2) is 24.3. The Balaban J connectivity index is 0.000000418. The Morgan fingerprint density at radius 3 is 1.78 bits per heavy atom. The van der Waals surface area contributed by atoms with Gasteiger partial charge in [-0.1, -0.05) is 12.2 Å². The zero-order chi connectivity index (χ0) is 45.4. The summed E-state index contributed by atoms with van der Waals surface area (Å²) in [7, 11) is 7.79. The molecule has 1 aliphatic rings. The van der Waals surface area contributed by atoms with Crippen LogP contribution in [0.25, 0.3) is 6.08 Å². The molecule has 0 aliphatic carbocycles. The fraction of sp³-hybridized carbons (Fsp3) is 0.538. The topological polar surface area (TPSA) is 197 Å². The van der Waals surface area contributed by atoms with Gasteiger partial charge in [0.15, 0.2) is 0 Å². The SMILES string of the molecule is C=CCC(=O)OC.COC(=O)C/C=C/c1nc(C)sc1N(C)C(=O)OC(C)(C)C.Cc1nc(I)c(N(C)C(=O)OC(C)(C)C)s1.Cc1nc2c(s1)N(C)C(=O)C(N)CC2. The van der Waals surface area contributed by atoms with E-state index in [0.29, 0.717) is 23.5 Å². The summed E-state index contributed by atoms with van der Waals surface area (Å²) in [5.74, 6) is -0.576. The summed E-state index contributed by atoms with van der Waals surface area (Å²) in [4.78, 5) is 74.5. The fourth-order valence-electron chi connectivity index (χ4n) is 4.41. The number of anilines is 3. The van der Waals surface area contributed by atoms with Gasteiger partial charge in [0.1, 0.15) is 29.9 Å². The average Bonchev–Trinajstić information content (AvgIpc) is 3.80. The lowest BCUT2D eigenvalue weighted by molar-refractivity contribution is -0.140. The van der Waals surface area contributed by atoms with Crippen molar-refractivity contribution >= 4 is 108 Å². The molecule has 0 bridgehead atoms. The number of rotatable bonds is 7. The van der Waals surface area contributed by atoms with Gasteiger partial charge in [-0.2, -0.15) is 0 Å². The van der Waals surface area contributed by atoms with Crippen LogP contribution in [0, 0.1) is 24.5 Å². The minimum Gasteiger partial charge on any atom is -0.469 e. The number of methoxy groups -OCH3 is 2. The maximum atomic E-state index is 12.1. The van der Waals surface area contributed by atoms with Crippen LogP contribution in [0.3, 0.4) is 0 Å². The van der Waals surface area contributed by atoms with Gasteiger partial charge in [0.05, 0.1) is 59.5 Å². The van der Waals surface area contributed by atoms with E-state index in [0.717, 1.165) is 40.8 Å². The van der Waals surface area contributed by atoms with Crippen molar-refractivity contribution < 1.29 is 42.9 Å². The highest BCUT2D eigenvalue weighted by Crippen LogP contribution is 2.32. The number of hydrogen-bond donors (Lipinski definition) is 1. The fourth-order valence-corrected chi connectivity index (χ4v) is 8.16. The minimum absolute atomic E-state index is 0.00704. The number of ether oxygens (including phenoxy) is 4. The molecule has 20 heteroatoms. The summed E-state index contributed by atoms with van der Waals surface area (Å²) < 4.78 is 20.3. The number of halogens is 1. The molecule has 0 aromatic carbocycles. The number of esters is 2. The second-order valence-electron chi connectivity index (χ2n) is 14.6. The van der Waals surface area contributed by atoms with Crippen LogP contribution in [0.2, 0.25) is 0 Å². The Bertz CT molecular complexity index is 1930. The molecule has 4 rings (SSSR count). The Hall–Kier alpha value is -3.99. The third-order valence-electron chi connectivity index (χ3n) is 7.12. The Labute approximate surface area is 373 Å². The van der Waals surface area contributed by atoms with Crippen molar-refractivity contribution in [3.05, 3.63) is 48.8 Å². The van der Waals surface area contributed by atoms with E-state index in [1.165, 1.54) is 52.8 Å². The maximum absolute atomic E-state index is 12.1. The molecular weight excluding hydrogens is 934 g/mol. The van der Waals surface area contributed by atoms with Crippen molar-refractivity contribution in [1.82, 2.24) is 15.0 Å². The summed E-state index contributed by atoms with van der Waals surface area (Å²) in [6.45, 7) is 20.1. The van der Waals surface area contributed by atoms with Gasteiger partial charge >= 0.3 is 24.1 Å². The number of fused-ring (bicyclic) bond motifs is 1. The standard InChI is InChI=1S/C15H22N2O4S.C10H15IN2O2S.C9H13N3OS.C5H8O2/c1-10-16-11(8-7-9-12(18)20-6)13(22-10)17(5)14(19)21-15(2,3)4;1-6-12-7(11)8(16-6)13(5)9(14)15-10(2,3)4;1-5-11-7-4-3-6(10)8(13)12(2)9(7)14-5;1-3-4-5(6)7-2/h7-8H,9H2,1-6H3;1-5H3;6H,3-4,10H2,1-2H3;3H,1,4H2,2H3/b8-7+;;;. The number of thiazole rings is 3. The lowest BCUT2D eigenvalue weighted by atomic mass is 10.1. The third-order valence-corrected chi connectivity index (χ3v) is 11.4. The molecule has 1 atom stereocenters. The van der Waals surface area contributed by atoms with E-state index in [2.05, 4.69) is 53.6 Å². The summed E-state index contributed by atoms with van der Waals surface area (Å²) in [6.07, 6.45) is 6.03. The number of likely N-dealkylation sites (N-methyl/N-ethyl adjacent to an activating group) is 1. The van der Waals surface area contributed by atoms with E-state index < -0.39 is 17.3 Å². The Kier molecular flexibility index (Phi) is 21.9. The average molecular weight is 992 g/mol. The summed E-state index contributed by atoms with van der Waals surface area (Å²) in [5, 5.41) is 5.23. The van der Waals surface area contributed by atoms with Crippen LogP contribution in [-0.4, -0.2) is 97.6 Å². The van der Waals surface area contributed by atoms with E-state index in [4.69, 9.17) is 15.2 Å². The van der Waals surface area contributed by atoms with Crippen LogP contribution in [0.1, 0.15) is 87.2 Å². The molecule has 0 spiro atoms. The van der Waals surface area contributed by atoms with Gasteiger partial charge in [0, 0.05) is 21.1 Å². The van der Waals surface area contributed by atoms with Gasteiger partial charge in [-0.25, -0.2) is 24.5 Å². The van der Waals surface area contributed by atoms with Crippen LogP contribution in [0.5, 0.6) is 0 Å². The van der Waals surface area contributed by atoms with Crippen molar-refractivity contribution in [2.45, 2.75) is 105 Å². The first-order chi connectivity index (χ1) is 27.2. The van der Waals surface area contributed by atoms with Crippen molar-refractivity contribution in [1.29, 1.82) is 0 Å². The van der Waals surface area contributed by atoms with Crippen molar-refractivity contribution in [2.75, 3.05) is 50.1 Å². The number of aromatic nitrogens is 3. The number of carbonyl (C=O) groups is 5. The first-order valence-electron chi connectivity index (χ1n) is 18.2. The number of carbonyl (C=O) groups excluding carboxylic acids is 5. The van der Waals surface area contributed by atoms with E-state index in [-0.39, 0.29) is 36.4 Å². The van der Waals surface area contributed by atoms with Gasteiger partial charge in [-0.3, -0.25) is 24.2 Å². The van der Waals surface area contributed by atoms with Gasteiger partial charge in [-0.05, 0) is 104 Å². The molecule has 3 amide bonds. The molecule has 2 N–H and O–H groups in total. The third kappa shape index (κ3) is 18.9. The van der Waals surface area contributed by atoms with Gasteiger partial charge in [0.25, 0.3) is 0 Å². The predicted molar refractivity (Wildman–Crippen MR) is 245 cm³/mol. The van der Waals surface area contributed by atoms with Gasteiger partial charge in [-0.15, -0.1) is 40.6 Å². The zero-order valence-electron chi connectivity index (χ0n) is 36.4. The molecule has 0 saturated carbocycles. The summed E-state index contributed by atoms with van der Waals surface area (Å²) >= 11 is 6.54. The zero-order valence-corrected chi connectivity index (χ0v) is 41.0. The Morgan fingerprint density at radius 2 is 1.32 bits per heavy atom. The van der Waals surface area contributed by atoms with E-state index in [1.54, 1.807) is 49.5 Å². The van der Waals surface area contributed by atoms with Crippen LogP contribution >= 0.6 is 56.6 Å². The normalized spacial score (nSPS) is 13.5. The molecule has 0 radical (unpaired) electrons. The summed E-state index contributed by atoms with van der Waals surface area (Å²) in [5.41, 5.74) is 6.33. The van der Waals surface area contributed by atoms with Gasteiger partial charge in [0.2, 0.25) is 5.91 Å². The van der Waals surface area contributed by atoms with Crippen molar-refractivity contribution in [3.8, 4) is 0 Å². The molecule has 1 aliphatic heterocycles. The van der Waals surface area contributed by atoms with E-state index in [1.807, 2.05) is 62.3 Å². The molecular formula is C39H58IN7O9S3. The van der Waals surface area contributed by atoms with Crippen LogP contribution in [-0.2, 0) is 39.8 Å². The quantitative estimate of drug-likeness (QED) is 0.103. The number of aryl methyl sites for hydroxylation is 4. The van der Waals surface area contributed by atoms with Crippen LogP contribution < -0.4 is 20.4 Å². The molecule has 3 aromatic heterocycles. The molecule has 16 nitrogen and oxygen atoms in total. The van der Waals surface area contributed by atoms with Crippen LogP contribution in [0.4, 0.5) is 24.6 Å². The number of nitrogens with zero attached hydrogens (tertiary/aromatic N) is 6. The lowest BCUT2D eigenvalue weighted by Crippen LogP contribution is -2.40. The number of hydrogen-bond acceptors (Lipinski definition) is 16. The van der Waals surface area contributed by atoms with E-state index in [9.17, 15) is 24.0 Å². The van der Waals surface area contributed by atoms with Gasteiger partial charge < -0.3 is 29.6 Å².